The Morgan fingerprint density at radius 2 is 1.93 bits per heavy atom. The van der Waals surface area contributed by atoms with Crippen molar-refractivity contribution in [1.29, 1.82) is 0 Å². The molecule has 2 aromatic heterocycles. The molecule has 0 radical (unpaired) electrons. The monoisotopic (exact) mass is 363 g/mol. The number of hydrogen-bond donors (Lipinski definition) is 1. The first-order valence-electron chi connectivity index (χ1n) is 9.02. The van der Waals surface area contributed by atoms with Crippen LogP contribution in [-0.4, -0.2) is 25.9 Å². The minimum absolute atomic E-state index is 0.0665. The molecule has 0 bridgehead atoms. The molecule has 2 heterocycles. The van der Waals surface area contributed by atoms with E-state index in [9.17, 15) is 4.79 Å². The third-order valence-electron chi connectivity index (χ3n) is 4.38. The molecule has 0 saturated heterocycles. The molecular weight excluding hydrogens is 342 g/mol. The van der Waals surface area contributed by atoms with Crippen molar-refractivity contribution < 1.29 is 9.53 Å². The fourth-order valence-corrected chi connectivity index (χ4v) is 2.86. The van der Waals surface area contributed by atoms with Gasteiger partial charge in [-0.3, -0.25) is 4.79 Å². The maximum absolute atomic E-state index is 11.8. The second-order valence-corrected chi connectivity index (χ2v) is 6.89. The molecule has 1 aliphatic rings. The number of nitrogens with one attached hydrogen (secondary N) is 1. The van der Waals surface area contributed by atoms with Crippen molar-refractivity contribution in [2.24, 2.45) is 5.92 Å². The Balaban J connectivity index is 1.38. The molecule has 1 N–H and O–H groups in total. The minimum Gasteiger partial charge on any atom is -0.438 e. The molecule has 7 heteroatoms. The quantitative estimate of drug-likeness (QED) is 0.720. The lowest BCUT2D eigenvalue weighted by Crippen LogP contribution is -2.11. The number of anilines is 1. The van der Waals surface area contributed by atoms with E-state index >= 15 is 0 Å². The highest BCUT2D eigenvalue weighted by molar-refractivity contribution is 5.91. The Labute approximate surface area is 157 Å². The van der Waals surface area contributed by atoms with E-state index < -0.39 is 0 Å². The van der Waals surface area contributed by atoms with Gasteiger partial charge in [-0.05, 0) is 69.0 Å². The lowest BCUT2D eigenvalue weighted by Gasteiger charge is -2.08. The number of benzene rings is 1. The fourth-order valence-electron chi connectivity index (χ4n) is 2.86. The van der Waals surface area contributed by atoms with Crippen LogP contribution in [0.4, 0.5) is 5.69 Å². The first-order valence-corrected chi connectivity index (χ1v) is 9.02. The Morgan fingerprint density at radius 1 is 1.15 bits per heavy atom. The molecular formula is C20H21N5O2. The van der Waals surface area contributed by atoms with Gasteiger partial charge in [0.1, 0.15) is 5.75 Å². The molecule has 3 aromatic rings. The molecule has 0 atom stereocenters. The molecule has 0 unspecified atom stereocenters. The topological polar surface area (TPSA) is 81.9 Å². The van der Waals surface area contributed by atoms with Crippen LogP contribution in [0.5, 0.6) is 11.6 Å². The van der Waals surface area contributed by atoms with Crippen molar-refractivity contribution in [3.8, 4) is 17.4 Å². The summed E-state index contributed by atoms with van der Waals surface area (Å²) in [6.07, 6.45) is 2.94. The van der Waals surface area contributed by atoms with E-state index in [4.69, 9.17) is 4.74 Å². The molecule has 1 fully saturated rings. The number of carbonyl (C=O) groups is 1. The van der Waals surface area contributed by atoms with E-state index in [1.807, 2.05) is 38.1 Å². The second-order valence-electron chi connectivity index (χ2n) is 6.89. The molecule has 0 spiro atoms. The van der Waals surface area contributed by atoms with Crippen LogP contribution < -0.4 is 10.1 Å². The third kappa shape index (κ3) is 4.31. The van der Waals surface area contributed by atoms with E-state index in [2.05, 4.69) is 20.6 Å². The zero-order valence-corrected chi connectivity index (χ0v) is 15.3. The van der Waals surface area contributed by atoms with Crippen LogP contribution in [-0.2, 0) is 4.79 Å². The number of carbonyl (C=O) groups excluding carboxylic acids is 1. The largest absolute Gasteiger partial charge is 0.438 e. The second kappa shape index (κ2) is 7.19. The predicted molar refractivity (Wildman–Crippen MR) is 101 cm³/mol. The standard InChI is InChI=1S/C20H21N5O2/c1-13-11-14(2)25(24-13)18-9-10-20(23-22-18)27-17-7-5-16(6-8-17)21-19(26)12-15-3-4-15/h5-11,15H,3-4,12H2,1-2H3,(H,21,26). The summed E-state index contributed by atoms with van der Waals surface area (Å²) >= 11 is 0. The van der Waals surface area contributed by atoms with Gasteiger partial charge in [0.2, 0.25) is 11.8 Å². The van der Waals surface area contributed by atoms with Gasteiger partial charge in [-0.15, -0.1) is 10.2 Å². The Kier molecular flexibility index (Phi) is 4.58. The summed E-state index contributed by atoms with van der Waals surface area (Å²) in [5.74, 6) is 2.30. The van der Waals surface area contributed by atoms with Crippen LogP contribution in [0.25, 0.3) is 5.82 Å². The molecule has 0 aliphatic heterocycles. The van der Waals surface area contributed by atoms with Crippen molar-refractivity contribution in [3.05, 3.63) is 53.9 Å². The number of aryl methyl sites for hydroxylation is 2. The fraction of sp³-hybridized carbons (Fsp3) is 0.300. The number of ether oxygens (including phenoxy) is 1. The number of rotatable bonds is 6. The lowest BCUT2D eigenvalue weighted by molar-refractivity contribution is -0.116. The molecule has 1 amide bonds. The van der Waals surface area contributed by atoms with Crippen LogP contribution in [0.15, 0.2) is 42.5 Å². The van der Waals surface area contributed by atoms with Gasteiger partial charge >= 0.3 is 0 Å². The molecule has 1 aromatic carbocycles. The first-order chi connectivity index (χ1) is 13.1. The van der Waals surface area contributed by atoms with Gasteiger partial charge in [0, 0.05) is 23.9 Å². The third-order valence-corrected chi connectivity index (χ3v) is 4.38. The Hall–Kier alpha value is -3.22. The van der Waals surface area contributed by atoms with E-state index in [-0.39, 0.29) is 5.91 Å². The normalized spacial score (nSPS) is 13.4. The SMILES string of the molecule is Cc1cc(C)n(-c2ccc(Oc3ccc(NC(=O)CC4CC4)cc3)nn2)n1. The average molecular weight is 363 g/mol. The lowest BCUT2D eigenvalue weighted by atomic mass is 10.2. The van der Waals surface area contributed by atoms with Gasteiger partial charge in [-0.2, -0.15) is 5.10 Å². The van der Waals surface area contributed by atoms with E-state index in [1.54, 1.807) is 22.9 Å². The van der Waals surface area contributed by atoms with Gasteiger partial charge in [-0.1, -0.05) is 0 Å². The van der Waals surface area contributed by atoms with Crippen LogP contribution in [0, 0.1) is 19.8 Å². The highest BCUT2D eigenvalue weighted by atomic mass is 16.5. The number of amides is 1. The maximum Gasteiger partial charge on any atom is 0.238 e. The zero-order valence-electron chi connectivity index (χ0n) is 15.3. The van der Waals surface area contributed by atoms with Gasteiger partial charge < -0.3 is 10.1 Å². The van der Waals surface area contributed by atoms with E-state index in [0.29, 0.717) is 29.8 Å². The van der Waals surface area contributed by atoms with Crippen molar-refractivity contribution in [2.75, 3.05) is 5.32 Å². The number of aromatic nitrogens is 4. The molecule has 4 rings (SSSR count). The summed E-state index contributed by atoms with van der Waals surface area (Å²) < 4.78 is 7.46. The maximum atomic E-state index is 11.8. The first kappa shape index (κ1) is 17.2. The molecule has 1 aliphatic carbocycles. The summed E-state index contributed by atoms with van der Waals surface area (Å²) in [5.41, 5.74) is 2.69. The van der Waals surface area contributed by atoms with Gasteiger partial charge in [0.25, 0.3) is 0 Å². The summed E-state index contributed by atoms with van der Waals surface area (Å²) in [6.45, 7) is 3.91. The average Bonchev–Trinajstić information content (AvgIpc) is 3.39. The van der Waals surface area contributed by atoms with Crippen LogP contribution >= 0.6 is 0 Å². The summed E-state index contributed by atoms with van der Waals surface area (Å²) in [4.78, 5) is 11.8. The molecule has 138 valence electrons. The molecule has 27 heavy (non-hydrogen) atoms. The number of hydrogen-bond acceptors (Lipinski definition) is 5. The minimum atomic E-state index is 0.0665. The highest BCUT2D eigenvalue weighted by Gasteiger charge is 2.24. The van der Waals surface area contributed by atoms with Crippen LogP contribution in [0.1, 0.15) is 30.7 Å². The van der Waals surface area contributed by atoms with E-state index in [0.717, 1.165) is 17.1 Å². The molecule has 7 nitrogen and oxygen atoms in total. The summed E-state index contributed by atoms with van der Waals surface area (Å²) in [6, 6.07) is 12.8. The van der Waals surface area contributed by atoms with Gasteiger partial charge in [-0.25, -0.2) is 4.68 Å². The summed E-state index contributed by atoms with van der Waals surface area (Å²) in [7, 11) is 0. The van der Waals surface area contributed by atoms with Crippen molar-refractivity contribution in [1.82, 2.24) is 20.0 Å². The van der Waals surface area contributed by atoms with E-state index in [1.165, 1.54) is 12.8 Å². The van der Waals surface area contributed by atoms with Crippen molar-refractivity contribution in [3.63, 3.8) is 0 Å². The Morgan fingerprint density at radius 3 is 2.52 bits per heavy atom. The summed E-state index contributed by atoms with van der Waals surface area (Å²) in [5, 5.41) is 15.6. The zero-order chi connectivity index (χ0) is 18.8. The Bertz CT molecular complexity index is 944. The van der Waals surface area contributed by atoms with Crippen LogP contribution in [0.3, 0.4) is 0 Å². The van der Waals surface area contributed by atoms with Gasteiger partial charge in [0.15, 0.2) is 5.82 Å². The number of nitrogens with zero attached hydrogens (tertiary/aromatic N) is 4. The van der Waals surface area contributed by atoms with Crippen LogP contribution in [0.2, 0.25) is 0 Å². The van der Waals surface area contributed by atoms with Crippen molar-refractivity contribution >= 4 is 11.6 Å². The van der Waals surface area contributed by atoms with Gasteiger partial charge in [0.05, 0.1) is 5.69 Å². The van der Waals surface area contributed by atoms with Crippen molar-refractivity contribution in [2.45, 2.75) is 33.1 Å². The predicted octanol–water partition coefficient (Wildman–Crippen LogP) is 3.81. The smallest absolute Gasteiger partial charge is 0.238 e. The highest BCUT2D eigenvalue weighted by Crippen LogP contribution is 2.32. The molecule has 1 saturated carbocycles.